The maximum atomic E-state index is 12.2. The first-order valence-electron chi connectivity index (χ1n) is 8.76. The predicted molar refractivity (Wildman–Crippen MR) is 96.2 cm³/mol. The number of benzene rings is 1. The minimum absolute atomic E-state index is 0.0466. The van der Waals surface area contributed by atoms with E-state index in [9.17, 15) is 9.90 Å². The molecule has 1 aliphatic rings. The molecule has 0 spiro atoms. The molecule has 1 heterocycles. The summed E-state index contributed by atoms with van der Waals surface area (Å²) in [6, 6.07) is 6.43. The summed E-state index contributed by atoms with van der Waals surface area (Å²) in [4.78, 5) is 15.7. The number of aliphatic hydroxyl groups is 1. The molecule has 4 N–H and O–H groups in total. The summed E-state index contributed by atoms with van der Waals surface area (Å²) in [5.41, 5.74) is 5.07. The molecular weight excluding hydrogens is 302 g/mol. The van der Waals surface area contributed by atoms with E-state index in [4.69, 9.17) is 0 Å². The van der Waals surface area contributed by atoms with Crippen LogP contribution in [-0.4, -0.2) is 34.8 Å². The monoisotopic (exact) mass is 329 g/mol. The first kappa shape index (κ1) is 16.8. The van der Waals surface area contributed by atoms with E-state index >= 15 is 0 Å². The molecule has 130 valence electrons. The smallest absolute Gasteiger partial charge is 0.315 e. The highest BCUT2D eigenvalue weighted by Crippen LogP contribution is 2.29. The zero-order valence-electron chi connectivity index (χ0n) is 14.6. The Morgan fingerprint density at radius 1 is 1.42 bits per heavy atom. The third-order valence-electron chi connectivity index (χ3n) is 5.18. The van der Waals surface area contributed by atoms with Crippen LogP contribution in [0.5, 0.6) is 0 Å². The van der Waals surface area contributed by atoms with E-state index in [2.05, 4.69) is 40.7 Å². The largest absolute Gasteiger partial charge is 0.396 e. The van der Waals surface area contributed by atoms with Crippen LogP contribution >= 0.6 is 0 Å². The van der Waals surface area contributed by atoms with Crippen molar-refractivity contribution in [1.82, 2.24) is 15.6 Å². The minimum Gasteiger partial charge on any atom is -0.396 e. The maximum Gasteiger partial charge on any atom is 0.315 e. The van der Waals surface area contributed by atoms with Crippen LogP contribution in [0.15, 0.2) is 18.2 Å². The molecule has 0 saturated carbocycles. The number of hydrogen-bond acceptors (Lipinski definition) is 2. The molecule has 24 heavy (non-hydrogen) atoms. The van der Waals surface area contributed by atoms with E-state index in [1.807, 2.05) is 13.8 Å². The Kier molecular flexibility index (Phi) is 4.81. The standard InChI is InChI=1S/C19H27N3O2/c1-11-4-6-17-15(8-11)16-9-14(5-7-18(16)22-17)21-19(24)20-13(3)12(2)10-23/h4,6,8,12-14,22-23H,5,7,9-10H2,1-3H3,(H2,20,21,24). The number of amides is 2. The first-order valence-corrected chi connectivity index (χ1v) is 8.76. The molecule has 0 saturated heterocycles. The van der Waals surface area contributed by atoms with Gasteiger partial charge >= 0.3 is 6.03 Å². The van der Waals surface area contributed by atoms with Gasteiger partial charge in [0, 0.05) is 35.3 Å². The molecule has 0 radical (unpaired) electrons. The molecule has 1 aromatic heterocycles. The Morgan fingerprint density at radius 3 is 2.96 bits per heavy atom. The number of aromatic nitrogens is 1. The molecule has 0 fully saturated rings. The maximum absolute atomic E-state index is 12.2. The predicted octanol–water partition coefficient (Wildman–Crippen LogP) is 2.65. The third-order valence-corrected chi connectivity index (χ3v) is 5.18. The summed E-state index contributed by atoms with van der Waals surface area (Å²) in [7, 11) is 0. The summed E-state index contributed by atoms with van der Waals surface area (Å²) >= 11 is 0. The third kappa shape index (κ3) is 3.41. The van der Waals surface area contributed by atoms with Gasteiger partial charge in [-0.25, -0.2) is 4.79 Å². The molecule has 1 aromatic carbocycles. The van der Waals surface area contributed by atoms with Gasteiger partial charge in [-0.2, -0.15) is 0 Å². The Bertz CT molecular complexity index is 738. The van der Waals surface area contributed by atoms with Crippen molar-refractivity contribution in [3.05, 3.63) is 35.0 Å². The number of nitrogens with one attached hydrogen (secondary N) is 3. The fraction of sp³-hybridized carbons (Fsp3) is 0.526. The number of carbonyl (C=O) groups is 1. The Hall–Kier alpha value is -2.01. The molecule has 3 rings (SSSR count). The van der Waals surface area contributed by atoms with Crippen LogP contribution in [0, 0.1) is 12.8 Å². The molecule has 5 heteroatoms. The summed E-state index contributed by atoms with van der Waals surface area (Å²) in [6.07, 6.45) is 2.75. The van der Waals surface area contributed by atoms with Crippen LogP contribution in [-0.2, 0) is 12.8 Å². The topological polar surface area (TPSA) is 77.2 Å². The number of aliphatic hydroxyl groups excluding tert-OH is 1. The highest BCUT2D eigenvalue weighted by atomic mass is 16.3. The summed E-state index contributed by atoms with van der Waals surface area (Å²) < 4.78 is 0. The van der Waals surface area contributed by atoms with Gasteiger partial charge in [0.1, 0.15) is 0 Å². The van der Waals surface area contributed by atoms with Crippen molar-refractivity contribution in [1.29, 1.82) is 0 Å². The number of aromatic amines is 1. The van der Waals surface area contributed by atoms with Crippen molar-refractivity contribution in [2.24, 2.45) is 5.92 Å². The number of hydrogen-bond donors (Lipinski definition) is 4. The van der Waals surface area contributed by atoms with E-state index in [-0.39, 0.29) is 30.6 Å². The summed E-state index contributed by atoms with van der Waals surface area (Å²) in [6.45, 7) is 6.02. The molecule has 1 aliphatic carbocycles. The van der Waals surface area contributed by atoms with Crippen LogP contribution in [0.25, 0.3) is 10.9 Å². The zero-order chi connectivity index (χ0) is 17.3. The van der Waals surface area contributed by atoms with Crippen LogP contribution < -0.4 is 10.6 Å². The Labute approximate surface area is 142 Å². The van der Waals surface area contributed by atoms with Crippen LogP contribution in [0.3, 0.4) is 0 Å². The normalized spacial score (nSPS) is 19.6. The van der Waals surface area contributed by atoms with Crippen LogP contribution in [0.1, 0.15) is 37.1 Å². The molecule has 0 aliphatic heterocycles. The fourth-order valence-corrected chi connectivity index (χ4v) is 3.39. The second kappa shape index (κ2) is 6.85. The highest BCUT2D eigenvalue weighted by molar-refractivity contribution is 5.86. The number of carbonyl (C=O) groups excluding carboxylic acids is 1. The Balaban J connectivity index is 1.67. The van der Waals surface area contributed by atoms with Gasteiger partial charge in [0.05, 0.1) is 0 Å². The molecular formula is C19H27N3O2. The van der Waals surface area contributed by atoms with Gasteiger partial charge in [-0.3, -0.25) is 0 Å². The van der Waals surface area contributed by atoms with Crippen molar-refractivity contribution >= 4 is 16.9 Å². The highest BCUT2D eigenvalue weighted by Gasteiger charge is 2.24. The van der Waals surface area contributed by atoms with E-state index in [0.717, 1.165) is 19.3 Å². The lowest BCUT2D eigenvalue weighted by Crippen LogP contribution is -2.49. The molecule has 3 unspecified atom stereocenters. The quantitative estimate of drug-likeness (QED) is 0.696. The Morgan fingerprint density at radius 2 is 2.21 bits per heavy atom. The van der Waals surface area contributed by atoms with Gasteiger partial charge in [-0.15, -0.1) is 0 Å². The average molecular weight is 329 g/mol. The molecule has 2 aromatic rings. The van der Waals surface area contributed by atoms with Crippen molar-refractivity contribution in [2.45, 2.75) is 52.1 Å². The lowest BCUT2D eigenvalue weighted by Gasteiger charge is -2.26. The number of fused-ring (bicyclic) bond motifs is 3. The van der Waals surface area contributed by atoms with E-state index in [0.29, 0.717) is 0 Å². The first-order chi connectivity index (χ1) is 11.5. The van der Waals surface area contributed by atoms with Gasteiger partial charge in [0.15, 0.2) is 0 Å². The molecule has 5 nitrogen and oxygen atoms in total. The van der Waals surface area contributed by atoms with Gasteiger partial charge in [0.25, 0.3) is 0 Å². The fourth-order valence-electron chi connectivity index (χ4n) is 3.39. The van der Waals surface area contributed by atoms with Crippen molar-refractivity contribution in [2.75, 3.05) is 6.61 Å². The van der Waals surface area contributed by atoms with Crippen LogP contribution in [0.2, 0.25) is 0 Å². The average Bonchev–Trinajstić information content (AvgIpc) is 2.91. The number of H-pyrrole nitrogens is 1. The SMILES string of the molecule is Cc1ccc2[nH]c3c(c2c1)CC(NC(=O)NC(C)C(C)CO)CC3. The summed E-state index contributed by atoms with van der Waals surface area (Å²) in [5, 5.41) is 16.5. The van der Waals surface area contributed by atoms with Crippen molar-refractivity contribution in [3.63, 3.8) is 0 Å². The number of aryl methyl sites for hydroxylation is 2. The van der Waals surface area contributed by atoms with Gasteiger partial charge in [0.2, 0.25) is 0 Å². The minimum atomic E-state index is -0.146. The molecule has 2 amide bonds. The lowest BCUT2D eigenvalue weighted by atomic mass is 9.91. The second-order valence-electron chi connectivity index (χ2n) is 7.14. The van der Waals surface area contributed by atoms with E-state index < -0.39 is 0 Å². The van der Waals surface area contributed by atoms with E-state index in [1.165, 1.54) is 27.7 Å². The second-order valence-corrected chi connectivity index (χ2v) is 7.14. The van der Waals surface area contributed by atoms with Crippen LogP contribution in [0.4, 0.5) is 4.79 Å². The van der Waals surface area contributed by atoms with Gasteiger partial charge in [-0.05, 0) is 56.7 Å². The number of urea groups is 1. The van der Waals surface area contributed by atoms with Gasteiger partial charge in [-0.1, -0.05) is 18.6 Å². The lowest BCUT2D eigenvalue weighted by molar-refractivity contribution is 0.198. The van der Waals surface area contributed by atoms with Crippen molar-refractivity contribution in [3.8, 4) is 0 Å². The van der Waals surface area contributed by atoms with Crippen molar-refractivity contribution < 1.29 is 9.90 Å². The molecule has 3 atom stereocenters. The molecule has 0 bridgehead atoms. The summed E-state index contributed by atoms with van der Waals surface area (Å²) in [5.74, 6) is 0.0466. The van der Waals surface area contributed by atoms with E-state index in [1.54, 1.807) is 0 Å². The van der Waals surface area contributed by atoms with Gasteiger partial charge < -0.3 is 20.7 Å². The number of rotatable bonds is 4. The zero-order valence-corrected chi connectivity index (χ0v) is 14.6.